The van der Waals surface area contributed by atoms with E-state index in [0.29, 0.717) is 30.3 Å². The van der Waals surface area contributed by atoms with Gasteiger partial charge >= 0.3 is 0 Å². The number of methoxy groups -OCH3 is 1. The first-order valence-corrected chi connectivity index (χ1v) is 7.19. The van der Waals surface area contributed by atoms with Crippen molar-refractivity contribution < 1.29 is 14.3 Å². The molecule has 0 saturated carbocycles. The van der Waals surface area contributed by atoms with Crippen LogP contribution in [0.15, 0.2) is 18.2 Å². The van der Waals surface area contributed by atoms with Crippen molar-refractivity contribution in [3.05, 3.63) is 18.2 Å². The molecule has 3 N–H and O–H groups in total. The summed E-state index contributed by atoms with van der Waals surface area (Å²) in [5.41, 5.74) is 6.93. The van der Waals surface area contributed by atoms with Gasteiger partial charge in [0.25, 0.3) is 0 Å². The quantitative estimate of drug-likeness (QED) is 0.801. The van der Waals surface area contributed by atoms with Crippen molar-refractivity contribution >= 4 is 17.3 Å². The maximum atomic E-state index is 12.2. The Morgan fingerprint density at radius 1 is 1.57 bits per heavy atom. The molecule has 1 amide bonds. The lowest BCUT2D eigenvalue weighted by Crippen LogP contribution is -2.45. The molecule has 0 bridgehead atoms. The van der Waals surface area contributed by atoms with Crippen LogP contribution in [0.1, 0.15) is 13.3 Å². The maximum Gasteiger partial charge on any atom is 0.238 e. The van der Waals surface area contributed by atoms with Crippen LogP contribution in [-0.4, -0.2) is 50.3 Å². The van der Waals surface area contributed by atoms with Gasteiger partial charge in [-0.1, -0.05) is 6.92 Å². The van der Waals surface area contributed by atoms with Crippen molar-refractivity contribution in [2.75, 3.05) is 44.4 Å². The van der Waals surface area contributed by atoms with Crippen LogP contribution in [0.3, 0.4) is 0 Å². The van der Waals surface area contributed by atoms with E-state index in [9.17, 15) is 4.79 Å². The van der Waals surface area contributed by atoms with E-state index in [2.05, 4.69) is 17.1 Å². The Morgan fingerprint density at radius 3 is 3.10 bits per heavy atom. The van der Waals surface area contributed by atoms with Crippen LogP contribution in [0.25, 0.3) is 0 Å². The first-order chi connectivity index (χ1) is 10.1. The number of hydrogen-bond acceptors (Lipinski definition) is 5. The fourth-order valence-corrected chi connectivity index (χ4v) is 2.39. The molecule has 6 heteroatoms. The number of benzene rings is 1. The van der Waals surface area contributed by atoms with E-state index in [0.717, 1.165) is 19.5 Å². The van der Waals surface area contributed by atoms with Gasteiger partial charge in [0.2, 0.25) is 5.91 Å². The number of nitrogens with two attached hydrogens (primary N) is 1. The molecule has 1 atom stereocenters. The van der Waals surface area contributed by atoms with Crippen molar-refractivity contribution in [1.82, 2.24) is 4.90 Å². The fourth-order valence-electron chi connectivity index (χ4n) is 2.39. The molecule has 1 unspecified atom stereocenters. The predicted molar refractivity (Wildman–Crippen MR) is 82.5 cm³/mol. The van der Waals surface area contributed by atoms with Crippen molar-refractivity contribution in [2.45, 2.75) is 19.4 Å². The van der Waals surface area contributed by atoms with Gasteiger partial charge in [-0.15, -0.1) is 0 Å². The number of carbonyl (C=O) groups excluding carboxylic acids is 1. The summed E-state index contributed by atoms with van der Waals surface area (Å²) >= 11 is 0. The molecule has 0 aromatic heterocycles. The summed E-state index contributed by atoms with van der Waals surface area (Å²) in [4.78, 5) is 14.3. The largest absolute Gasteiger partial charge is 0.495 e. The van der Waals surface area contributed by atoms with E-state index >= 15 is 0 Å². The summed E-state index contributed by atoms with van der Waals surface area (Å²) in [5, 5.41) is 2.86. The van der Waals surface area contributed by atoms with E-state index in [1.807, 2.05) is 0 Å². The molecular weight excluding hydrogens is 270 g/mol. The topological polar surface area (TPSA) is 76.8 Å². The summed E-state index contributed by atoms with van der Waals surface area (Å²) in [7, 11) is 1.56. The van der Waals surface area contributed by atoms with E-state index in [4.69, 9.17) is 15.2 Å². The highest BCUT2D eigenvalue weighted by Crippen LogP contribution is 2.26. The van der Waals surface area contributed by atoms with Gasteiger partial charge in [0.1, 0.15) is 5.75 Å². The summed E-state index contributed by atoms with van der Waals surface area (Å²) in [6.45, 7) is 4.67. The third-order valence-electron chi connectivity index (χ3n) is 3.54. The monoisotopic (exact) mass is 293 g/mol. The molecule has 6 nitrogen and oxygen atoms in total. The number of nitrogen functional groups attached to an aromatic ring is 1. The Labute approximate surface area is 125 Å². The number of hydrogen-bond donors (Lipinski definition) is 2. The molecule has 0 aliphatic carbocycles. The number of ether oxygens (including phenoxy) is 2. The number of carbonyl (C=O) groups is 1. The predicted octanol–water partition coefficient (Wildman–Crippen LogP) is 1.33. The van der Waals surface area contributed by atoms with Gasteiger partial charge in [-0.25, -0.2) is 0 Å². The lowest BCUT2D eigenvalue weighted by atomic mass is 10.2. The van der Waals surface area contributed by atoms with Crippen LogP contribution in [0.5, 0.6) is 5.75 Å². The second-order valence-electron chi connectivity index (χ2n) is 5.14. The van der Waals surface area contributed by atoms with Gasteiger partial charge in [0.15, 0.2) is 0 Å². The molecule has 0 radical (unpaired) electrons. The Kier molecular flexibility index (Phi) is 5.41. The number of nitrogens with one attached hydrogen (secondary N) is 1. The lowest BCUT2D eigenvalue weighted by molar-refractivity contribution is -0.119. The average molecular weight is 293 g/mol. The Morgan fingerprint density at radius 2 is 2.38 bits per heavy atom. The van der Waals surface area contributed by atoms with E-state index in [-0.39, 0.29) is 12.0 Å². The highest BCUT2D eigenvalue weighted by molar-refractivity contribution is 5.94. The Bertz CT molecular complexity index is 493. The van der Waals surface area contributed by atoms with E-state index < -0.39 is 0 Å². The summed E-state index contributed by atoms with van der Waals surface area (Å²) in [6, 6.07) is 5.18. The normalized spacial score (nSPS) is 19.2. The zero-order chi connectivity index (χ0) is 15.2. The Balaban J connectivity index is 1.94. The third-order valence-corrected chi connectivity index (χ3v) is 3.54. The molecule has 2 rings (SSSR count). The van der Waals surface area contributed by atoms with Crippen molar-refractivity contribution in [2.24, 2.45) is 0 Å². The zero-order valence-electron chi connectivity index (χ0n) is 12.6. The first kappa shape index (κ1) is 15.6. The smallest absolute Gasteiger partial charge is 0.238 e. The van der Waals surface area contributed by atoms with Gasteiger partial charge in [0, 0.05) is 18.8 Å². The van der Waals surface area contributed by atoms with Crippen molar-refractivity contribution in [3.8, 4) is 5.75 Å². The van der Waals surface area contributed by atoms with Crippen LogP contribution >= 0.6 is 0 Å². The zero-order valence-corrected chi connectivity index (χ0v) is 12.6. The van der Waals surface area contributed by atoms with E-state index in [1.54, 1.807) is 25.3 Å². The molecule has 1 saturated heterocycles. The van der Waals surface area contributed by atoms with Crippen LogP contribution in [0, 0.1) is 0 Å². The molecular formula is C15H23N3O3. The van der Waals surface area contributed by atoms with Crippen LogP contribution in [0.4, 0.5) is 11.4 Å². The summed E-state index contributed by atoms with van der Waals surface area (Å²) in [6.07, 6.45) is 1.18. The first-order valence-electron chi connectivity index (χ1n) is 7.19. The van der Waals surface area contributed by atoms with Gasteiger partial charge in [-0.05, 0) is 24.6 Å². The highest BCUT2D eigenvalue weighted by atomic mass is 16.5. The summed E-state index contributed by atoms with van der Waals surface area (Å²) in [5.74, 6) is 0.529. The standard InChI is InChI=1S/C15H23N3O3/c1-3-12-9-18(6-7-21-12)10-15(19)17-13-8-11(16)4-5-14(13)20-2/h4-5,8,12H,3,6-7,9-10,16H2,1-2H3,(H,17,19). The summed E-state index contributed by atoms with van der Waals surface area (Å²) < 4.78 is 10.8. The number of amides is 1. The number of rotatable bonds is 5. The minimum Gasteiger partial charge on any atom is -0.495 e. The molecule has 1 aromatic rings. The third kappa shape index (κ3) is 4.34. The van der Waals surface area contributed by atoms with Gasteiger partial charge in [-0.2, -0.15) is 0 Å². The molecule has 1 aromatic carbocycles. The molecule has 1 heterocycles. The van der Waals surface area contributed by atoms with E-state index in [1.165, 1.54) is 0 Å². The average Bonchev–Trinajstić information content (AvgIpc) is 2.47. The number of nitrogens with zero attached hydrogens (tertiary/aromatic N) is 1. The van der Waals surface area contributed by atoms with Gasteiger partial charge < -0.3 is 20.5 Å². The molecule has 1 aliphatic rings. The van der Waals surface area contributed by atoms with Gasteiger partial charge in [0.05, 0.1) is 32.1 Å². The number of morpholine rings is 1. The maximum absolute atomic E-state index is 12.2. The Hall–Kier alpha value is -1.79. The van der Waals surface area contributed by atoms with Crippen LogP contribution in [0.2, 0.25) is 0 Å². The molecule has 0 spiro atoms. The minimum atomic E-state index is -0.0735. The molecule has 116 valence electrons. The molecule has 1 aliphatic heterocycles. The fraction of sp³-hybridized carbons (Fsp3) is 0.533. The SMILES string of the molecule is CCC1CN(CC(=O)Nc2cc(N)ccc2OC)CCO1. The van der Waals surface area contributed by atoms with Crippen molar-refractivity contribution in [3.63, 3.8) is 0 Å². The molecule has 1 fully saturated rings. The number of anilines is 2. The van der Waals surface area contributed by atoms with Crippen LogP contribution in [-0.2, 0) is 9.53 Å². The van der Waals surface area contributed by atoms with Gasteiger partial charge in [-0.3, -0.25) is 9.69 Å². The minimum absolute atomic E-state index is 0.0735. The lowest BCUT2D eigenvalue weighted by Gasteiger charge is -2.31. The van der Waals surface area contributed by atoms with Crippen LogP contribution < -0.4 is 15.8 Å². The molecule has 21 heavy (non-hydrogen) atoms. The van der Waals surface area contributed by atoms with Crippen molar-refractivity contribution in [1.29, 1.82) is 0 Å². The highest BCUT2D eigenvalue weighted by Gasteiger charge is 2.21. The second kappa shape index (κ2) is 7.28. The second-order valence-corrected chi connectivity index (χ2v) is 5.14.